The highest BCUT2D eigenvalue weighted by atomic mass is 79.9. The summed E-state index contributed by atoms with van der Waals surface area (Å²) in [6.07, 6.45) is 8.70. The summed E-state index contributed by atoms with van der Waals surface area (Å²) in [5.74, 6) is 0.935. The maximum atomic E-state index is 12.8. The molecule has 1 heterocycles. The highest BCUT2D eigenvalue weighted by Gasteiger charge is 2.41. The van der Waals surface area contributed by atoms with Gasteiger partial charge in [0.2, 0.25) is 0 Å². The first-order valence-corrected chi connectivity index (χ1v) is 9.89. The number of carbonyl (C=O) groups excluding carboxylic acids is 1. The number of rotatable bonds is 2. The van der Waals surface area contributed by atoms with Crippen molar-refractivity contribution in [3.05, 3.63) is 46.5 Å². The van der Waals surface area contributed by atoms with E-state index >= 15 is 0 Å². The fourth-order valence-corrected chi connectivity index (χ4v) is 5.11. The molecule has 0 aromatic heterocycles. The van der Waals surface area contributed by atoms with Crippen molar-refractivity contribution in [1.29, 1.82) is 0 Å². The van der Waals surface area contributed by atoms with E-state index in [1.165, 1.54) is 12.0 Å². The van der Waals surface area contributed by atoms with Crippen LogP contribution in [-0.2, 0) is 4.74 Å². The Morgan fingerprint density at radius 1 is 1.17 bits per heavy atom. The third-order valence-electron chi connectivity index (χ3n) is 5.77. The highest BCUT2D eigenvalue weighted by molar-refractivity contribution is 9.11. The van der Waals surface area contributed by atoms with Crippen molar-refractivity contribution in [3.63, 3.8) is 0 Å². The Balaban J connectivity index is 1.47. The number of carbonyl (C=O) groups is 1. The largest absolute Gasteiger partial charge is 0.445 e. The first-order chi connectivity index (χ1) is 11.7. The van der Waals surface area contributed by atoms with Crippen LogP contribution in [0.3, 0.4) is 0 Å². The van der Waals surface area contributed by atoms with Crippen LogP contribution < -0.4 is 0 Å². The van der Waals surface area contributed by atoms with Crippen LogP contribution in [0.15, 0.2) is 40.9 Å². The lowest BCUT2D eigenvalue weighted by Crippen LogP contribution is -2.40. The van der Waals surface area contributed by atoms with Gasteiger partial charge in [-0.1, -0.05) is 58.8 Å². The lowest BCUT2D eigenvalue weighted by molar-refractivity contribution is 0.0346. The Morgan fingerprint density at radius 2 is 1.96 bits per heavy atom. The minimum Gasteiger partial charge on any atom is -0.445 e. The first-order valence-electron chi connectivity index (χ1n) is 9.10. The highest BCUT2D eigenvalue weighted by Crippen LogP contribution is 2.40. The molecule has 1 aliphatic heterocycles. The van der Waals surface area contributed by atoms with E-state index in [0.717, 1.165) is 43.1 Å². The van der Waals surface area contributed by atoms with Crippen LogP contribution in [0.4, 0.5) is 4.79 Å². The van der Waals surface area contributed by atoms with Crippen molar-refractivity contribution in [2.24, 2.45) is 5.92 Å². The Kier molecular flexibility index (Phi) is 4.66. The predicted octanol–water partition coefficient (Wildman–Crippen LogP) is 5.22. The maximum absolute atomic E-state index is 12.8. The molecule has 0 N–H and O–H groups in total. The molecular weight excluding hydrogens is 366 g/mol. The summed E-state index contributed by atoms with van der Waals surface area (Å²) in [5.41, 5.74) is 1.30. The van der Waals surface area contributed by atoms with Gasteiger partial charge in [-0.25, -0.2) is 4.79 Å². The quantitative estimate of drug-likeness (QED) is 0.693. The maximum Gasteiger partial charge on any atom is 0.410 e. The van der Waals surface area contributed by atoms with E-state index in [4.69, 9.17) is 4.74 Å². The van der Waals surface area contributed by atoms with E-state index in [2.05, 4.69) is 46.3 Å². The van der Waals surface area contributed by atoms with Gasteiger partial charge in [0, 0.05) is 16.9 Å². The molecule has 2 aliphatic carbocycles. The van der Waals surface area contributed by atoms with Gasteiger partial charge in [-0.2, -0.15) is 0 Å². The van der Waals surface area contributed by atoms with Gasteiger partial charge in [0.15, 0.2) is 0 Å². The molecule has 4 rings (SSSR count). The smallest absolute Gasteiger partial charge is 0.410 e. The van der Waals surface area contributed by atoms with Crippen LogP contribution in [0, 0.1) is 5.92 Å². The zero-order chi connectivity index (χ0) is 16.5. The van der Waals surface area contributed by atoms with Gasteiger partial charge >= 0.3 is 6.09 Å². The Hall–Kier alpha value is -1.29. The van der Waals surface area contributed by atoms with E-state index in [-0.39, 0.29) is 18.2 Å². The summed E-state index contributed by atoms with van der Waals surface area (Å²) >= 11 is 3.64. The van der Waals surface area contributed by atoms with Crippen molar-refractivity contribution in [3.8, 4) is 0 Å². The number of benzene rings is 1. The Morgan fingerprint density at radius 3 is 2.79 bits per heavy atom. The van der Waals surface area contributed by atoms with Crippen molar-refractivity contribution < 1.29 is 9.53 Å². The number of ether oxygens (including phenoxy) is 1. The molecule has 1 aromatic carbocycles. The van der Waals surface area contributed by atoms with E-state index in [9.17, 15) is 4.79 Å². The molecule has 1 saturated heterocycles. The number of hydrogen-bond acceptors (Lipinski definition) is 2. The second kappa shape index (κ2) is 6.91. The van der Waals surface area contributed by atoms with Gasteiger partial charge in [0.25, 0.3) is 0 Å². The molecule has 4 heteroatoms. The molecule has 1 saturated carbocycles. The summed E-state index contributed by atoms with van der Waals surface area (Å²) in [5, 5.41) is 0. The van der Waals surface area contributed by atoms with Gasteiger partial charge < -0.3 is 9.64 Å². The lowest BCUT2D eigenvalue weighted by Gasteiger charge is -2.33. The molecule has 0 radical (unpaired) electrons. The number of amides is 1. The average Bonchev–Trinajstić information content (AvgIpc) is 2.99. The summed E-state index contributed by atoms with van der Waals surface area (Å²) in [6.45, 7) is 0.831. The molecule has 0 spiro atoms. The fraction of sp³-hybridized carbons (Fsp3) is 0.550. The second-order valence-electron chi connectivity index (χ2n) is 7.32. The van der Waals surface area contributed by atoms with Crippen molar-refractivity contribution in [2.45, 2.75) is 56.6 Å². The van der Waals surface area contributed by atoms with E-state index in [0.29, 0.717) is 11.8 Å². The standard InChI is InChI=1S/C20H24BrNO2/c21-17-11-10-14-12-18(17)22(13-14)20(23)24-19-9-5-4-8-16(19)15-6-2-1-3-7-15/h1-3,6-7,11,14,16,18-19H,4-5,8-10,12-13H2/t14-,16+,18-,19-/m1/s1. The number of nitrogens with zero attached hydrogens (tertiary/aromatic N) is 1. The van der Waals surface area contributed by atoms with E-state index in [1.807, 2.05) is 11.0 Å². The number of halogens is 1. The zero-order valence-electron chi connectivity index (χ0n) is 13.9. The third kappa shape index (κ3) is 3.13. The molecule has 2 fully saturated rings. The molecule has 2 bridgehead atoms. The summed E-state index contributed by atoms with van der Waals surface area (Å²) in [6, 6.07) is 10.7. The normalized spacial score (nSPS) is 32.4. The molecule has 0 unspecified atom stereocenters. The van der Waals surface area contributed by atoms with Crippen LogP contribution in [0.2, 0.25) is 0 Å². The Bertz CT molecular complexity index is 630. The number of allylic oxidation sites excluding steroid dienone is 1. The van der Waals surface area contributed by atoms with E-state index in [1.54, 1.807) is 0 Å². The molecule has 1 amide bonds. The average molecular weight is 390 g/mol. The predicted molar refractivity (Wildman–Crippen MR) is 98.1 cm³/mol. The van der Waals surface area contributed by atoms with Crippen LogP contribution in [0.5, 0.6) is 0 Å². The monoisotopic (exact) mass is 389 g/mol. The zero-order valence-corrected chi connectivity index (χ0v) is 15.5. The fourth-order valence-electron chi connectivity index (χ4n) is 4.49. The topological polar surface area (TPSA) is 29.5 Å². The molecule has 3 aliphatic rings. The summed E-state index contributed by atoms with van der Waals surface area (Å²) in [4.78, 5) is 14.8. The number of fused-ring (bicyclic) bond motifs is 2. The van der Waals surface area contributed by atoms with Gasteiger partial charge in [-0.3, -0.25) is 0 Å². The second-order valence-corrected chi connectivity index (χ2v) is 8.23. The first kappa shape index (κ1) is 16.2. The molecule has 3 nitrogen and oxygen atoms in total. The van der Waals surface area contributed by atoms with Gasteiger partial charge in [-0.05, 0) is 43.6 Å². The number of likely N-dealkylation sites (tertiary alicyclic amines) is 1. The minimum atomic E-state index is -0.123. The molecule has 24 heavy (non-hydrogen) atoms. The molecular formula is C20H24BrNO2. The van der Waals surface area contributed by atoms with Crippen LogP contribution in [0.25, 0.3) is 0 Å². The summed E-state index contributed by atoms with van der Waals surface area (Å²) < 4.78 is 7.19. The van der Waals surface area contributed by atoms with Crippen LogP contribution in [0.1, 0.15) is 50.0 Å². The van der Waals surface area contributed by atoms with Crippen molar-refractivity contribution in [1.82, 2.24) is 4.90 Å². The molecule has 128 valence electrons. The minimum absolute atomic E-state index is 0.0110. The molecule has 1 aromatic rings. The van der Waals surface area contributed by atoms with E-state index < -0.39 is 0 Å². The van der Waals surface area contributed by atoms with Gasteiger partial charge in [-0.15, -0.1) is 0 Å². The third-order valence-corrected chi connectivity index (χ3v) is 6.62. The van der Waals surface area contributed by atoms with Crippen molar-refractivity contribution >= 4 is 22.0 Å². The number of hydrogen-bond donors (Lipinski definition) is 0. The van der Waals surface area contributed by atoms with Crippen molar-refractivity contribution in [2.75, 3.05) is 6.54 Å². The SMILES string of the molecule is O=C(O[C@@H]1CCCC[C@H]1c1ccccc1)N1C[C@@H]2CC=C(Br)[C@H]1C2. The van der Waals surface area contributed by atoms with Gasteiger partial charge in [0.05, 0.1) is 6.04 Å². The Labute approximate surface area is 152 Å². The molecule has 4 atom stereocenters. The van der Waals surface area contributed by atoms with Crippen LogP contribution in [-0.4, -0.2) is 29.7 Å². The lowest BCUT2D eigenvalue weighted by atomic mass is 9.81. The van der Waals surface area contributed by atoms with Gasteiger partial charge in [0.1, 0.15) is 6.10 Å². The van der Waals surface area contributed by atoms with Crippen LogP contribution >= 0.6 is 15.9 Å². The summed E-state index contributed by atoms with van der Waals surface area (Å²) in [7, 11) is 0.